The summed E-state index contributed by atoms with van der Waals surface area (Å²) in [5.41, 5.74) is 0.702. The Kier molecular flexibility index (Phi) is 6.88. The first-order valence-electron chi connectivity index (χ1n) is 6.63. The number of nitrogens with one attached hydrogen (secondary N) is 1. The molecule has 0 unspecified atom stereocenters. The summed E-state index contributed by atoms with van der Waals surface area (Å²) in [7, 11) is 0. The van der Waals surface area contributed by atoms with Gasteiger partial charge in [0.05, 0.1) is 12.6 Å². The lowest BCUT2D eigenvalue weighted by molar-refractivity contribution is 0.0491. The molecule has 1 atom stereocenters. The SMILES string of the molecule is CC(C)(C)OC(=O)N[C@@H](CO)CSCc1ccccc1. The highest BCUT2D eigenvalue weighted by Gasteiger charge is 2.19. The molecule has 112 valence electrons. The molecular formula is C15H23NO3S. The molecular weight excluding hydrogens is 274 g/mol. The van der Waals surface area contributed by atoms with E-state index < -0.39 is 11.7 Å². The number of ether oxygens (including phenoxy) is 1. The van der Waals surface area contributed by atoms with Crippen LogP contribution in [0.4, 0.5) is 4.79 Å². The Labute approximate surface area is 124 Å². The van der Waals surface area contributed by atoms with E-state index >= 15 is 0 Å². The maximum atomic E-state index is 11.6. The number of rotatable bonds is 6. The summed E-state index contributed by atoms with van der Waals surface area (Å²) in [4.78, 5) is 11.6. The van der Waals surface area contributed by atoms with Crippen molar-refractivity contribution in [3.63, 3.8) is 0 Å². The van der Waals surface area contributed by atoms with Gasteiger partial charge < -0.3 is 15.2 Å². The number of amides is 1. The minimum Gasteiger partial charge on any atom is -0.444 e. The Morgan fingerprint density at radius 1 is 1.35 bits per heavy atom. The molecule has 4 nitrogen and oxygen atoms in total. The first-order chi connectivity index (χ1) is 9.40. The first-order valence-corrected chi connectivity index (χ1v) is 7.78. The molecule has 0 spiro atoms. The highest BCUT2D eigenvalue weighted by atomic mass is 32.2. The molecule has 0 radical (unpaired) electrons. The lowest BCUT2D eigenvalue weighted by Crippen LogP contribution is -2.42. The van der Waals surface area contributed by atoms with Gasteiger partial charge in [0.15, 0.2) is 0 Å². The van der Waals surface area contributed by atoms with E-state index in [1.165, 1.54) is 5.56 Å². The van der Waals surface area contributed by atoms with Gasteiger partial charge in [-0.2, -0.15) is 11.8 Å². The third-order valence-electron chi connectivity index (χ3n) is 2.37. The molecule has 0 bridgehead atoms. The molecule has 0 aromatic heterocycles. The average molecular weight is 297 g/mol. The zero-order chi connectivity index (χ0) is 15.0. The number of carbonyl (C=O) groups excluding carboxylic acids is 1. The third kappa shape index (κ3) is 7.40. The second kappa shape index (κ2) is 8.17. The van der Waals surface area contributed by atoms with Crippen LogP contribution in [0.3, 0.4) is 0 Å². The van der Waals surface area contributed by atoms with Crippen molar-refractivity contribution in [3.05, 3.63) is 35.9 Å². The zero-order valence-electron chi connectivity index (χ0n) is 12.3. The lowest BCUT2D eigenvalue weighted by atomic mass is 10.2. The Hall–Kier alpha value is -1.20. The van der Waals surface area contributed by atoms with Crippen LogP contribution in [-0.4, -0.2) is 35.2 Å². The van der Waals surface area contributed by atoms with E-state index in [0.717, 1.165) is 5.75 Å². The van der Waals surface area contributed by atoms with E-state index in [-0.39, 0.29) is 12.6 Å². The number of hydrogen-bond acceptors (Lipinski definition) is 4. The minimum absolute atomic E-state index is 0.0962. The molecule has 0 aliphatic carbocycles. The van der Waals surface area contributed by atoms with Gasteiger partial charge in [-0.3, -0.25) is 0 Å². The van der Waals surface area contributed by atoms with E-state index in [1.54, 1.807) is 11.8 Å². The van der Waals surface area contributed by atoms with Gasteiger partial charge in [-0.1, -0.05) is 30.3 Å². The number of thioether (sulfide) groups is 1. The molecule has 0 saturated carbocycles. The van der Waals surface area contributed by atoms with Crippen molar-refractivity contribution in [2.75, 3.05) is 12.4 Å². The number of hydrogen-bond donors (Lipinski definition) is 2. The fraction of sp³-hybridized carbons (Fsp3) is 0.533. The van der Waals surface area contributed by atoms with E-state index in [9.17, 15) is 9.90 Å². The van der Waals surface area contributed by atoms with Crippen LogP contribution < -0.4 is 5.32 Å². The number of aliphatic hydroxyl groups excluding tert-OH is 1. The van der Waals surface area contributed by atoms with Gasteiger partial charge >= 0.3 is 6.09 Å². The van der Waals surface area contributed by atoms with Crippen molar-refractivity contribution in [2.24, 2.45) is 0 Å². The fourth-order valence-corrected chi connectivity index (χ4v) is 2.53. The minimum atomic E-state index is -0.527. The lowest BCUT2D eigenvalue weighted by Gasteiger charge is -2.22. The second-order valence-electron chi connectivity index (χ2n) is 5.53. The first kappa shape index (κ1) is 16.9. The zero-order valence-corrected chi connectivity index (χ0v) is 13.1. The summed E-state index contributed by atoms with van der Waals surface area (Å²) in [5, 5.41) is 12.0. The van der Waals surface area contributed by atoms with Gasteiger partial charge in [-0.25, -0.2) is 4.79 Å². The molecule has 0 fully saturated rings. The number of benzene rings is 1. The monoisotopic (exact) mass is 297 g/mol. The largest absolute Gasteiger partial charge is 0.444 e. The van der Waals surface area contributed by atoms with Crippen molar-refractivity contribution < 1.29 is 14.6 Å². The predicted molar refractivity (Wildman–Crippen MR) is 82.8 cm³/mol. The molecule has 0 saturated heterocycles. The van der Waals surface area contributed by atoms with Crippen LogP contribution in [0.25, 0.3) is 0 Å². The fourth-order valence-electron chi connectivity index (χ4n) is 1.51. The third-order valence-corrected chi connectivity index (χ3v) is 3.55. The molecule has 1 aromatic rings. The molecule has 0 heterocycles. The Morgan fingerprint density at radius 3 is 2.55 bits per heavy atom. The number of aliphatic hydroxyl groups is 1. The molecule has 1 rings (SSSR count). The molecule has 1 aromatic carbocycles. The topological polar surface area (TPSA) is 58.6 Å². The van der Waals surface area contributed by atoms with E-state index in [1.807, 2.05) is 39.0 Å². The van der Waals surface area contributed by atoms with Crippen LogP contribution in [-0.2, 0) is 10.5 Å². The van der Waals surface area contributed by atoms with Crippen LogP contribution in [0.5, 0.6) is 0 Å². The average Bonchev–Trinajstić information content (AvgIpc) is 2.36. The highest BCUT2D eigenvalue weighted by Crippen LogP contribution is 2.13. The van der Waals surface area contributed by atoms with Crippen molar-refractivity contribution >= 4 is 17.9 Å². The summed E-state index contributed by atoms with van der Waals surface area (Å²) in [6, 6.07) is 9.80. The maximum Gasteiger partial charge on any atom is 0.407 e. The van der Waals surface area contributed by atoms with Crippen molar-refractivity contribution in [2.45, 2.75) is 38.2 Å². The molecule has 1 amide bonds. The summed E-state index contributed by atoms with van der Waals surface area (Å²) in [6.07, 6.45) is -0.489. The molecule has 2 N–H and O–H groups in total. The summed E-state index contributed by atoms with van der Waals surface area (Å²) in [6.45, 7) is 5.33. The normalized spacial score (nSPS) is 12.8. The smallest absolute Gasteiger partial charge is 0.407 e. The van der Waals surface area contributed by atoms with Crippen molar-refractivity contribution in [1.82, 2.24) is 5.32 Å². The maximum absolute atomic E-state index is 11.6. The highest BCUT2D eigenvalue weighted by molar-refractivity contribution is 7.98. The van der Waals surface area contributed by atoms with Gasteiger partial charge in [0.1, 0.15) is 5.60 Å². The van der Waals surface area contributed by atoms with Crippen molar-refractivity contribution in [1.29, 1.82) is 0 Å². The molecule has 20 heavy (non-hydrogen) atoms. The second-order valence-corrected chi connectivity index (χ2v) is 6.56. The molecule has 0 aliphatic heterocycles. The summed E-state index contributed by atoms with van der Waals surface area (Å²) >= 11 is 1.67. The predicted octanol–water partition coefficient (Wildman–Crippen LogP) is 2.81. The molecule has 0 aliphatic rings. The quantitative estimate of drug-likeness (QED) is 0.847. The number of carbonyl (C=O) groups is 1. The van der Waals surface area contributed by atoms with E-state index in [4.69, 9.17) is 4.74 Å². The van der Waals surface area contributed by atoms with Gasteiger partial charge in [-0.05, 0) is 26.3 Å². The van der Waals surface area contributed by atoms with Crippen LogP contribution in [0.15, 0.2) is 30.3 Å². The van der Waals surface area contributed by atoms with Crippen LogP contribution in [0.1, 0.15) is 26.3 Å². The van der Waals surface area contributed by atoms with Gasteiger partial charge in [0, 0.05) is 11.5 Å². The van der Waals surface area contributed by atoms with Gasteiger partial charge in [0.2, 0.25) is 0 Å². The standard InChI is InChI=1S/C15H23NO3S/c1-15(2,3)19-14(18)16-13(9-17)11-20-10-12-7-5-4-6-8-12/h4-8,13,17H,9-11H2,1-3H3,(H,16,18)/t13-/m0/s1. The van der Waals surface area contributed by atoms with E-state index in [0.29, 0.717) is 5.75 Å². The van der Waals surface area contributed by atoms with Crippen LogP contribution in [0, 0.1) is 0 Å². The Bertz CT molecular complexity index is 403. The summed E-state index contributed by atoms with van der Waals surface area (Å²) in [5.74, 6) is 1.50. The Morgan fingerprint density at radius 2 is 2.00 bits per heavy atom. The van der Waals surface area contributed by atoms with Gasteiger partial charge in [0.25, 0.3) is 0 Å². The molecule has 5 heteroatoms. The van der Waals surface area contributed by atoms with E-state index in [2.05, 4.69) is 17.4 Å². The Balaban J connectivity index is 2.31. The summed E-state index contributed by atoms with van der Waals surface area (Å²) < 4.78 is 5.16. The van der Waals surface area contributed by atoms with Crippen LogP contribution in [0.2, 0.25) is 0 Å². The van der Waals surface area contributed by atoms with Gasteiger partial charge in [-0.15, -0.1) is 0 Å². The number of alkyl carbamates (subject to hydrolysis) is 1. The van der Waals surface area contributed by atoms with Crippen molar-refractivity contribution in [3.8, 4) is 0 Å². The van der Waals surface area contributed by atoms with Crippen LogP contribution >= 0.6 is 11.8 Å².